The van der Waals surface area contributed by atoms with Crippen LogP contribution in [-0.2, 0) is 22.6 Å². The number of amides is 1. The standard InChI is InChI=1S/C21H25NO4/c1-21(2,15-26-14-17-6-4-3-5-7-17)22-19(23)13-10-16-8-11-18(12-9-16)20(24)25/h3-9,11-12H,10,13-15H2,1-2H3,(H,22,23)(H,24,25). The van der Waals surface area contributed by atoms with Crippen LogP contribution in [0.5, 0.6) is 0 Å². The predicted octanol–water partition coefficient (Wildman–Crippen LogP) is 3.43. The normalized spacial score (nSPS) is 11.2. The van der Waals surface area contributed by atoms with E-state index in [-0.39, 0.29) is 11.5 Å². The lowest BCUT2D eigenvalue weighted by atomic mass is 10.0. The van der Waals surface area contributed by atoms with Crippen LogP contribution in [0.4, 0.5) is 0 Å². The number of carbonyl (C=O) groups excluding carboxylic acids is 1. The Labute approximate surface area is 154 Å². The molecular formula is C21H25NO4. The highest BCUT2D eigenvalue weighted by molar-refractivity contribution is 5.87. The van der Waals surface area contributed by atoms with Crippen LogP contribution in [0.1, 0.15) is 41.8 Å². The molecule has 0 aromatic heterocycles. The maximum atomic E-state index is 12.2. The average Bonchev–Trinajstić information content (AvgIpc) is 2.60. The van der Waals surface area contributed by atoms with E-state index in [4.69, 9.17) is 9.84 Å². The summed E-state index contributed by atoms with van der Waals surface area (Å²) in [6.07, 6.45) is 0.904. The van der Waals surface area contributed by atoms with Gasteiger partial charge < -0.3 is 15.2 Å². The second-order valence-corrected chi connectivity index (χ2v) is 6.91. The Morgan fingerprint density at radius 2 is 1.65 bits per heavy atom. The molecule has 0 aliphatic rings. The molecule has 2 aromatic carbocycles. The molecule has 0 radical (unpaired) electrons. The van der Waals surface area contributed by atoms with Gasteiger partial charge in [0, 0.05) is 6.42 Å². The van der Waals surface area contributed by atoms with Crippen molar-refractivity contribution in [1.82, 2.24) is 5.32 Å². The number of carbonyl (C=O) groups is 2. The average molecular weight is 355 g/mol. The zero-order chi connectivity index (χ0) is 19.0. The van der Waals surface area contributed by atoms with Gasteiger partial charge in [-0.05, 0) is 43.5 Å². The van der Waals surface area contributed by atoms with E-state index in [0.29, 0.717) is 26.1 Å². The first-order chi connectivity index (χ1) is 12.4. The van der Waals surface area contributed by atoms with Gasteiger partial charge in [-0.15, -0.1) is 0 Å². The third kappa shape index (κ3) is 6.69. The molecule has 1 amide bonds. The van der Waals surface area contributed by atoms with Gasteiger partial charge in [-0.3, -0.25) is 4.79 Å². The minimum Gasteiger partial charge on any atom is -0.478 e. The highest BCUT2D eigenvalue weighted by Crippen LogP contribution is 2.10. The Balaban J connectivity index is 1.73. The number of aromatic carboxylic acids is 1. The maximum absolute atomic E-state index is 12.2. The van der Waals surface area contributed by atoms with Crippen molar-refractivity contribution in [1.29, 1.82) is 0 Å². The fourth-order valence-electron chi connectivity index (χ4n) is 2.55. The molecule has 0 aliphatic heterocycles. The number of hydrogen-bond donors (Lipinski definition) is 2. The zero-order valence-electron chi connectivity index (χ0n) is 15.2. The summed E-state index contributed by atoms with van der Waals surface area (Å²) in [5.41, 5.74) is 1.82. The van der Waals surface area contributed by atoms with Crippen LogP contribution < -0.4 is 5.32 Å². The molecule has 0 fully saturated rings. The molecular weight excluding hydrogens is 330 g/mol. The van der Waals surface area contributed by atoms with Crippen molar-refractivity contribution in [3.05, 3.63) is 71.3 Å². The monoisotopic (exact) mass is 355 g/mol. The van der Waals surface area contributed by atoms with Gasteiger partial charge in [0.05, 0.1) is 24.3 Å². The molecule has 2 aromatic rings. The van der Waals surface area contributed by atoms with Crippen LogP contribution in [0.3, 0.4) is 0 Å². The van der Waals surface area contributed by atoms with Gasteiger partial charge in [0.1, 0.15) is 0 Å². The summed E-state index contributed by atoms with van der Waals surface area (Å²) in [5, 5.41) is 11.9. The third-order valence-corrected chi connectivity index (χ3v) is 3.89. The minimum absolute atomic E-state index is 0.0550. The molecule has 0 atom stereocenters. The summed E-state index contributed by atoms with van der Waals surface area (Å²) in [4.78, 5) is 23.0. The van der Waals surface area contributed by atoms with E-state index >= 15 is 0 Å². The summed E-state index contributed by atoms with van der Waals surface area (Å²) < 4.78 is 5.71. The number of aryl methyl sites for hydroxylation is 1. The van der Waals surface area contributed by atoms with Crippen molar-refractivity contribution in [3.8, 4) is 0 Å². The maximum Gasteiger partial charge on any atom is 0.335 e. The molecule has 0 aliphatic carbocycles. The van der Waals surface area contributed by atoms with Gasteiger partial charge in [0.2, 0.25) is 5.91 Å². The number of benzene rings is 2. The van der Waals surface area contributed by atoms with Crippen molar-refractivity contribution < 1.29 is 19.4 Å². The summed E-state index contributed by atoms with van der Waals surface area (Å²) in [5.74, 6) is -1.01. The molecule has 0 saturated heterocycles. The molecule has 2 N–H and O–H groups in total. The molecule has 26 heavy (non-hydrogen) atoms. The first kappa shape index (κ1) is 19.7. The number of rotatable bonds is 9. The molecule has 2 rings (SSSR count). The van der Waals surface area contributed by atoms with Gasteiger partial charge in [-0.25, -0.2) is 4.79 Å². The molecule has 0 unspecified atom stereocenters. The van der Waals surface area contributed by atoms with Gasteiger partial charge in [0.15, 0.2) is 0 Å². The van der Waals surface area contributed by atoms with Crippen LogP contribution in [0.15, 0.2) is 54.6 Å². The Bertz CT molecular complexity index is 723. The van der Waals surface area contributed by atoms with Gasteiger partial charge >= 0.3 is 5.97 Å². The Hall–Kier alpha value is -2.66. The SMILES string of the molecule is CC(C)(COCc1ccccc1)NC(=O)CCc1ccc(C(=O)O)cc1. The molecule has 138 valence electrons. The molecule has 0 saturated carbocycles. The summed E-state index contributed by atoms with van der Waals surface area (Å²) in [7, 11) is 0. The lowest BCUT2D eigenvalue weighted by Gasteiger charge is -2.26. The third-order valence-electron chi connectivity index (χ3n) is 3.89. The Morgan fingerprint density at radius 1 is 1.00 bits per heavy atom. The van der Waals surface area contributed by atoms with Crippen molar-refractivity contribution in [2.24, 2.45) is 0 Å². The fraction of sp³-hybridized carbons (Fsp3) is 0.333. The molecule has 0 bridgehead atoms. The number of ether oxygens (including phenoxy) is 1. The zero-order valence-corrected chi connectivity index (χ0v) is 15.2. The summed E-state index contributed by atoms with van der Waals surface area (Å²) >= 11 is 0. The van der Waals surface area contributed by atoms with E-state index in [2.05, 4.69) is 5.32 Å². The van der Waals surface area contributed by atoms with Crippen LogP contribution >= 0.6 is 0 Å². The second-order valence-electron chi connectivity index (χ2n) is 6.91. The Kier molecular flexibility index (Phi) is 6.92. The van der Waals surface area contributed by atoms with Crippen molar-refractivity contribution in [2.75, 3.05) is 6.61 Å². The lowest BCUT2D eigenvalue weighted by molar-refractivity contribution is -0.123. The summed E-state index contributed by atoms with van der Waals surface area (Å²) in [6.45, 7) is 4.78. The van der Waals surface area contributed by atoms with Crippen molar-refractivity contribution >= 4 is 11.9 Å². The highest BCUT2D eigenvalue weighted by atomic mass is 16.5. The van der Waals surface area contributed by atoms with Crippen LogP contribution in [-0.4, -0.2) is 29.1 Å². The van der Waals surface area contributed by atoms with E-state index < -0.39 is 11.5 Å². The number of carboxylic acids is 1. The number of nitrogens with one attached hydrogen (secondary N) is 1. The van der Waals surface area contributed by atoms with Gasteiger partial charge in [0.25, 0.3) is 0 Å². The smallest absolute Gasteiger partial charge is 0.335 e. The van der Waals surface area contributed by atoms with Gasteiger partial charge in [-0.1, -0.05) is 42.5 Å². The predicted molar refractivity (Wildman–Crippen MR) is 100 cm³/mol. The van der Waals surface area contributed by atoms with E-state index in [0.717, 1.165) is 11.1 Å². The lowest BCUT2D eigenvalue weighted by Crippen LogP contribution is -2.47. The first-order valence-corrected chi connectivity index (χ1v) is 8.61. The van der Waals surface area contributed by atoms with Crippen LogP contribution in [0.25, 0.3) is 0 Å². The van der Waals surface area contributed by atoms with Crippen LogP contribution in [0, 0.1) is 0 Å². The number of hydrogen-bond acceptors (Lipinski definition) is 3. The van der Waals surface area contributed by atoms with E-state index in [1.807, 2.05) is 44.2 Å². The largest absolute Gasteiger partial charge is 0.478 e. The molecule has 5 heteroatoms. The second kappa shape index (κ2) is 9.15. The fourth-order valence-corrected chi connectivity index (χ4v) is 2.55. The topological polar surface area (TPSA) is 75.6 Å². The van der Waals surface area contributed by atoms with E-state index in [1.165, 1.54) is 0 Å². The van der Waals surface area contributed by atoms with Crippen molar-refractivity contribution in [3.63, 3.8) is 0 Å². The van der Waals surface area contributed by atoms with Crippen LogP contribution in [0.2, 0.25) is 0 Å². The minimum atomic E-state index is -0.952. The van der Waals surface area contributed by atoms with Crippen molar-refractivity contribution in [2.45, 2.75) is 38.8 Å². The highest BCUT2D eigenvalue weighted by Gasteiger charge is 2.20. The molecule has 5 nitrogen and oxygen atoms in total. The van der Waals surface area contributed by atoms with E-state index in [1.54, 1.807) is 24.3 Å². The van der Waals surface area contributed by atoms with E-state index in [9.17, 15) is 9.59 Å². The summed E-state index contributed by atoms with van der Waals surface area (Å²) in [6, 6.07) is 16.5. The quantitative estimate of drug-likeness (QED) is 0.723. The molecule has 0 spiro atoms. The first-order valence-electron chi connectivity index (χ1n) is 8.61. The van der Waals surface area contributed by atoms with Gasteiger partial charge in [-0.2, -0.15) is 0 Å². The Morgan fingerprint density at radius 3 is 2.27 bits per heavy atom. The number of carboxylic acid groups (broad SMARTS) is 1. The molecule has 0 heterocycles.